The van der Waals surface area contributed by atoms with Gasteiger partial charge >= 0.3 is 11.9 Å². The molecule has 0 saturated carbocycles. The summed E-state index contributed by atoms with van der Waals surface area (Å²) < 4.78 is 9.71. The van der Waals surface area contributed by atoms with E-state index in [9.17, 15) is 29.4 Å². The third kappa shape index (κ3) is 29.8. The third-order valence-corrected chi connectivity index (χ3v) is 18.5. The fraction of sp³-hybridized carbons (Fsp3) is 0.879. The first-order valence-electron chi connectivity index (χ1n) is 18.2. The number of nitrogens with one attached hydrogen (secondary N) is 3. The van der Waals surface area contributed by atoms with Crippen LogP contribution in [0, 0.1) is 0 Å². The molecule has 1 rings (SSSR count). The molecule has 1 heterocycles. The SMILES string of the molecule is CSSC1(O)SSC(N[C@@H](CCCCNC(=O)COCCOCCNC(=O)CCCCCCCCCCCCCCCCC(=O)O)C(=O)O)SS1. The van der Waals surface area contributed by atoms with Gasteiger partial charge in [-0.2, -0.15) is 0 Å². The summed E-state index contributed by atoms with van der Waals surface area (Å²) in [6.07, 6.45) is 20.6. The highest BCUT2D eigenvalue weighted by atomic mass is 33.2. The number of carbonyl (C=O) groups excluding carboxylic acids is 2. The van der Waals surface area contributed by atoms with Gasteiger partial charge < -0.3 is 35.4 Å². The van der Waals surface area contributed by atoms with Crippen molar-refractivity contribution in [3.63, 3.8) is 0 Å². The Labute approximate surface area is 328 Å². The molecular formula is C33H61N3O9S6. The van der Waals surface area contributed by atoms with Gasteiger partial charge in [-0.05, 0) is 70.7 Å². The number of ether oxygens (including phenoxy) is 2. The van der Waals surface area contributed by atoms with Crippen LogP contribution in [-0.4, -0.2) is 99.2 Å². The van der Waals surface area contributed by atoms with E-state index in [1.807, 2.05) is 6.26 Å². The number of carboxylic acids is 2. The second-order valence-corrected chi connectivity index (χ2v) is 20.9. The van der Waals surface area contributed by atoms with Gasteiger partial charge in [0.05, 0.1) is 19.8 Å². The molecule has 0 spiro atoms. The predicted molar refractivity (Wildman–Crippen MR) is 218 cm³/mol. The molecule has 1 aliphatic heterocycles. The summed E-state index contributed by atoms with van der Waals surface area (Å²) in [7, 11) is 8.34. The number of carbonyl (C=O) groups is 4. The highest BCUT2D eigenvalue weighted by Gasteiger charge is 2.38. The Balaban J connectivity index is 1.85. The topological polar surface area (TPSA) is 184 Å². The van der Waals surface area contributed by atoms with Crippen molar-refractivity contribution in [2.75, 3.05) is 45.8 Å². The fourth-order valence-electron chi connectivity index (χ4n) is 5.04. The molecule has 1 saturated heterocycles. The van der Waals surface area contributed by atoms with E-state index in [1.165, 1.54) is 123 Å². The molecule has 0 aromatic carbocycles. The quantitative estimate of drug-likeness (QED) is 0.0210. The van der Waals surface area contributed by atoms with Crippen LogP contribution in [0.25, 0.3) is 0 Å². The maximum absolute atomic E-state index is 12.0. The Morgan fingerprint density at radius 2 is 1.22 bits per heavy atom. The van der Waals surface area contributed by atoms with Crippen molar-refractivity contribution in [1.29, 1.82) is 0 Å². The number of hydrogen-bond acceptors (Lipinski definition) is 14. The number of carboxylic acid groups (broad SMARTS) is 2. The van der Waals surface area contributed by atoms with Crippen LogP contribution >= 0.6 is 64.8 Å². The highest BCUT2D eigenvalue weighted by Crippen LogP contribution is 2.64. The molecular weight excluding hydrogens is 775 g/mol. The molecule has 0 radical (unpaired) electrons. The average molecular weight is 836 g/mol. The standard InChI is InChI=1S/C33H61N3O9S6/c1-46-49-33(43)50-47-32(48-51-33)36-27(31(41)42)18-16-17-21-34-29(38)26-45-25-24-44-23-22-35-28(37)19-14-12-10-8-6-4-2-3-5-7-9-11-13-15-20-30(39)40/h27,32,36,43H,2-26H2,1H3,(H,34,38)(H,35,37)(H,39,40)(H,41,42)/t27-,32?,33?/m0/s1. The van der Waals surface area contributed by atoms with Gasteiger partial charge in [-0.3, -0.25) is 24.5 Å². The third-order valence-electron chi connectivity index (χ3n) is 7.77. The Morgan fingerprint density at radius 3 is 1.76 bits per heavy atom. The number of hydrogen-bond donors (Lipinski definition) is 6. The van der Waals surface area contributed by atoms with Gasteiger partial charge in [0, 0.05) is 25.9 Å². The lowest BCUT2D eigenvalue weighted by Crippen LogP contribution is -2.41. The van der Waals surface area contributed by atoms with E-state index in [-0.39, 0.29) is 29.7 Å². The van der Waals surface area contributed by atoms with E-state index in [1.54, 1.807) is 0 Å². The molecule has 0 unspecified atom stereocenters. The fourth-order valence-corrected chi connectivity index (χ4v) is 16.3. The van der Waals surface area contributed by atoms with Gasteiger partial charge in [-0.15, -0.1) is 0 Å². The summed E-state index contributed by atoms with van der Waals surface area (Å²) in [4.78, 5) is 46.2. The van der Waals surface area contributed by atoms with E-state index >= 15 is 0 Å². The summed E-state index contributed by atoms with van der Waals surface area (Å²) in [5, 5.41) is 37.4. The second kappa shape index (κ2) is 33.2. The first-order valence-corrected chi connectivity index (χ1v) is 25.2. The van der Waals surface area contributed by atoms with Gasteiger partial charge in [-0.25, -0.2) is 0 Å². The monoisotopic (exact) mass is 835 g/mol. The average Bonchev–Trinajstić information content (AvgIpc) is 3.09. The number of unbranched alkanes of at least 4 members (excludes halogenated alkanes) is 14. The zero-order valence-corrected chi connectivity index (χ0v) is 35.0. The summed E-state index contributed by atoms with van der Waals surface area (Å²) in [5.41, 5.74) is 0. The lowest BCUT2D eigenvalue weighted by molar-refractivity contribution is -0.140. The Morgan fingerprint density at radius 1 is 0.686 bits per heavy atom. The van der Waals surface area contributed by atoms with Crippen LogP contribution < -0.4 is 16.0 Å². The molecule has 51 heavy (non-hydrogen) atoms. The lowest BCUT2D eigenvalue weighted by atomic mass is 10.0. The normalized spacial score (nSPS) is 18.0. The minimum Gasteiger partial charge on any atom is -0.481 e. The minimum absolute atomic E-state index is 0.0446. The molecule has 1 fully saturated rings. The molecule has 2 amide bonds. The molecule has 298 valence electrons. The number of aliphatic carboxylic acids is 2. The van der Waals surface area contributed by atoms with E-state index in [2.05, 4.69) is 16.0 Å². The van der Waals surface area contributed by atoms with Crippen molar-refractivity contribution in [1.82, 2.24) is 16.0 Å². The molecule has 0 aromatic rings. The Kier molecular flexibility index (Phi) is 31.8. The number of amides is 2. The van der Waals surface area contributed by atoms with Crippen molar-refractivity contribution in [2.24, 2.45) is 0 Å². The van der Waals surface area contributed by atoms with Crippen molar-refractivity contribution in [3.8, 4) is 0 Å². The van der Waals surface area contributed by atoms with Crippen LogP contribution in [0.4, 0.5) is 0 Å². The van der Waals surface area contributed by atoms with Crippen molar-refractivity contribution in [2.45, 2.75) is 136 Å². The van der Waals surface area contributed by atoms with Crippen LogP contribution in [0.5, 0.6) is 0 Å². The van der Waals surface area contributed by atoms with Crippen molar-refractivity contribution >= 4 is 88.5 Å². The maximum Gasteiger partial charge on any atom is 0.320 e. The summed E-state index contributed by atoms with van der Waals surface area (Å²) in [5.74, 6) is -1.80. The van der Waals surface area contributed by atoms with Crippen LogP contribution in [-0.2, 0) is 28.7 Å². The molecule has 0 bridgehead atoms. The van der Waals surface area contributed by atoms with E-state index in [0.717, 1.165) is 32.1 Å². The van der Waals surface area contributed by atoms with Gasteiger partial charge in [0.15, 0.2) is 0 Å². The zero-order valence-electron chi connectivity index (χ0n) is 30.1. The summed E-state index contributed by atoms with van der Waals surface area (Å²) in [6, 6.07) is -0.706. The molecule has 18 heteroatoms. The highest BCUT2D eigenvalue weighted by molar-refractivity contribution is 8.99. The molecule has 6 N–H and O–H groups in total. The van der Waals surface area contributed by atoms with E-state index in [4.69, 9.17) is 14.6 Å². The molecule has 0 aromatic heterocycles. The number of rotatable bonds is 35. The van der Waals surface area contributed by atoms with Crippen LogP contribution in [0.15, 0.2) is 0 Å². The number of aliphatic hydroxyl groups is 1. The van der Waals surface area contributed by atoms with E-state index < -0.39 is 21.6 Å². The summed E-state index contributed by atoms with van der Waals surface area (Å²) >= 11 is 0. The molecule has 0 aliphatic carbocycles. The molecule has 1 aliphatic rings. The first kappa shape index (κ1) is 48.8. The molecule has 1 atom stereocenters. The minimum atomic E-state index is -0.961. The predicted octanol–water partition coefficient (Wildman–Crippen LogP) is 7.47. The first-order chi connectivity index (χ1) is 24.6. The van der Waals surface area contributed by atoms with Gasteiger partial charge in [-0.1, -0.05) is 109 Å². The maximum atomic E-state index is 12.0. The van der Waals surface area contributed by atoms with Crippen molar-refractivity contribution in [3.05, 3.63) is 0 Å². The van der Waals surface area contributed by atoms with Crippen LogP contribution in [0.3, 0.4) is 0 Å². The summed E-state index contributed by atoms with van der Waals surface area (Å²) in [6.45, 7) is 1.78. The van der Waals surface area contributed by atoms with Gasteiger partial charge in [0.2, 0.25) is 15.4 Å². The smallest absolute Gasteiger partial charge is 0.320 e. The Hall–Kier alpha value is -0.180. The largest absolute Gasteiger partial charge is 0.481 e. The Bertz CT molecular complexity index is 937. The second-order valence-electron chi connectivity index (χ2n) is 12.2. The van der Waals surface area contributed by atoms with Crippen molar-refractivity contribution < 1.29 is 44.0 Å². The van der Waals surface area contributed by atoms with E-state index in [0.29, 0.717) is 58.4 Å². The van der Waals surface area contributed by atoms with Gasteiger partial charge in [0.1, 0.15) is 17.4 Å². The van der Waals surface area contributed by atoms with Gasteiger partial charge in [0.25, 0.3) is 0 Å². The molecule has 12 nitrogen and oxygen atoms in total. The van der Waals surface area contributed by atoms with Crippen LogP contribution in [0.1, 0.15) is 122 Å². The lowest BCUT2D eigenvalue weighted by Gasteiger charge is -2.32. The van der Waals surface area contributed by atoms with Crippen LogP contribution in [0.2, 0.25) is 0 Å². The zero-order chi connectivity index (χ0) is 37.4.